The van der Waals surface area contributed by atoms with Gasteiger partial charge in [0.2, 0.25) is 0 Å². The molecule has 6 aliphatic rings. The van der Waals surface area contributed by atoms with Crippen LogP contribution in [-0.2, 0) is 27.7 Å². The fourth-order valence-electron chi connectivity index (χ4n) is 10.9. The van der Waals surface area contributed by atoms with Crippen molar-refractivity contribution in [2.75, 3.05) is 0 Å². The molecule has 0 amide bonds. The summed E-state index contributed by atoms with van der Waals surface area (Å²) in [6.45, 7) is 19.5. The fourth-order valence-corrected chi connectivity index (χ4v) is 10.9. The van der Waals surface area contributed by atoms with Gasteiger partial charge in [-0.1, -0.05) is 20.4 Å². The van der Waals surface area contributed by atoms with E-state index in [0.29, 0.717) is 18.3 Å². The first-order valence-electron chi connectivity index (χ1n) is 16.1. The monoisotopic (exact) mass is 569 g/mol. The van der Waals surface area contributed by atoms with Gasteiger partial charge in [-0.2, -0.15) is 0 Å². The number of ether oxygens (including phenoxy) is 2. The van der Waals surface area contributed by atoms with Crippen molar-refractivity contribution in [1.82, 2.24) is 4.98 Å². The van der Waals surface area contributed by atoms with E-state index >= 15 is 0 Å². The minimum absolute atomic E-state index is 0.172. The van der Waals surface area contributed by atoms with Crippen LogP contribution in [0.1, 0.15) is 96.5 Å². The first-order valence-corrected chi connectivity index (χ1v) is 16.1. The lowest BCUT2D eigenvalue weighted by Gasteiger charge is -2.65. The third-order valence-electron chi connectivity index (χ3n) is 13.0. The molecule has 1 aromatic heterocycles. The molecule has 0 unspecified atom stereocenters. The molecule has 8 rings (SSSR count). The molecule has 2 aliphatic heterocycles. The highest BCUT2D eigenvalue weighted by atomic mass is 16.5. The fraction of sp³-hybridized carbons (Fsp3) is 0.622. The summed E-state index contributed by atoms with van der Waals surface area (Å²) in [4.78, 5) is 3.98. The van der Waals surface area contributed by atoms with Crippen LogP contribution < -0.4 is 0 Å². The number of aromatic amines is 1. The van der Waals surface area contributed by atoms with Gasteiger partial charge < -0.3 is 24.7 Å². The van der Waals surface area contributed by atoms with Gasteiger partial charge >= 0.3 is 0 Å². The van der Waals surface area contributed by atoms with Crippen molar-refractivity contribution in [3.8, 4) is 0 Å². The van der Waals surface area contributed by atoms with Crippen LogP contribution in [0, 0.1) is 17.3 Å². The Hall–Kier alpha value is -2.18. The number of rotatable bonds is 1. The van der Waals surface area contributed by atoms with Gasteiger partial charge in [-0.05, 0) is 137 Å². The predicted molar refractivity (Wildman–Crippen MR) is 166 cm³/mol. The van der Waals surface area contributed by atoms with Gasteiger partial charge in [0.05, 0.1) is 22.9 Å². The van der Waals surface area contributed by atoms with Crippen LogP contribution in [0.5, 0.6) is 0 Å². The Bertz CT molecular complexity index is 1620. The molecule has 2 fully saturated rings. The van der Waals surface area contributed by atoms with Crippen molar-refractivity contribution in [1.29, 1.82) is 0 Å². The quantitative estimate of drug-likeness (QED) is 0.334. The number of hydrogen-bond acceptors (Lipinski definition) is 4. The van der Waals surface area contributed by atoms with Gasteiger partial charge in [0.25, 0.3) is 0 Å². The van der Waals surface area contributed by atoms with Crippen molar-refractivity contribution in [3.05, 3.63) is 64.4 Å². The molecular formula is C37H47NO4. The van der Waals surface area contributed by atoms with Crippen LogP contribution in [0.3, 0.4) is 0 Å². The molecule has 0 radical (unpaired) electrons. The van der Waals surface area contributed by atoms with Crippen LogP contribution in [0.25, 0.3) is 16.5 Å². The normalized spacial score (nSPS) is 42.5. The minimum Gasteiger partial charge on any atom is -0.386 e. The first-order chi connectivity index (χ1) is 19.6. The molecule has 0 spiro atoms. The van der Waals surface area contributed by atoms with Crippen molar-refractivity contribution >= 4 is 16.5 Å². The highest BCUT2D eigenvalue weighted by molar-refractivity contribution is 5.92. The Balaban J connectivity index is 1.24. The average molecular weight is 570 g/mol. The van der Waals surface area contributed by atoms with Crippen molar-refractivity contribution < 1.29 is 19.7 Å². The second-order valence-corrected chi connectivity index (χ2v) is 16.1. The number of fused-ring (bicyclic) bond motifs is 12. The SMILES string of the molecule is C=C(C)[C@H]1O[C@H]2CC[C@@]3(C)[C@@](O)(CC[C@H]4Cc5c([nH]c6cc7c(cc56)C[C@H]5C7=CC(C)(C)OC5(C)C)[C@@]43C)C2=C[C@H]1O. The van der Waals surface area contributed by atoms with E-state index in [2.05, 4.69) is 71.3 Å². The summed E-state index contributed by atoms with van der Waals surface area (Å²) < 4.78 is 12.9. The van der Waals surface area contributed by atoms with E-state index in [4.69, 9.17) is 9.47 Å². The van der Waals surface area contributed by atoms with E-state index in [-0.39, 0.29) is 28.1 Å². The van der Waals surface area contributed by atoms with E-state index in [1.807, 2.05) is 13.0 Å². The summed E-state index contributed by atoms with van der Waals surface area (Å²) in [6.07, 6.45) is 8.35. The maximum atomic E-state index is 12.7. The lowest BCUT2D eigenvalue weighted by atomic mass is 9.42. The zero-order chi connectivity index (χ0) is 29.8. The number of benzene rings is 1. The molecule has 2 aromatic rings. The van der Waals surface area contributed by atoms with Crippen LogP contribution in [0.4, 0.5) is 0 Å². The van der Waals surface area contributed by atoms with Crippen LogP contribution in [0.15, 0.2) is 42.0 Å². The minimum atomic E-state index is -1.03. The highest BCUT2D eigenvalue weighted by Gasteiger charge is 2.70. The molecule has 5 nitrogen and oxygen atoms in total. The smallest absolute Gasteiger partial charge is 0.108 e. The number of hydrogen-bond donors (Lipinski definition) is 3. The molecule has 2 saturated carbocycles. The topological polar surface area (TPSA) is 74.7 Å². The molecule has 1 aromatic carbocycles. The summed E-state index contributed by atoms with van der Waals surface area (Å²) >= 11 is 0. The van der Waals surface area contributed by atoms with Gasteiger partial charge in [0.15, 0.2) is 0 Å². The lowest BCUT2D eigenvalue weighted by Crippen LogP contribution is -2.67. The van der Waals surface area contributed by atoms with Crippen molar-refractivity contribution in [2.24, 2.45) is 17.3 Å². The van der Waals surface area contributed by atoms with Gasteiger partial charge in [0.1, 0.15) is 12.2 Å². The Morgan fingerprint density at radius 3 is 2.55 bits per heavy atom. The summed E-state index contributed by atoms with van der Waals surface area (Å²) in [5.41, 5.74) is 7.81. The largest absolute Gasteiger partial charge is 0.386 e. The lowest BCUT2D eigenvalue weighted by molar-refractivity contribution is -0.185. The van der Waals surface area contributed by atoms with Crippen LogP contribution >= 0.6 is 0 Å². The first kappa shape index (κ1) is 27.4. The standard InChI is InChI=1S/C37H47NO4/c1-19(2)31-29(39)17-27-30(41-31)10-11-35(7)36(8)21(9-12-37(27,35)40)15-24-23-13-20-14-26-25(18-33(3,4)42-34(26,5)6)22(20)16-28(23)38-32(24)36/h13,16-18,21,26,29-31,38-40H,1,9-12,14-15H2,2-8H3/t21-,26-,29+,30-,31+,35+,36+,37+/m0/s1. The van der Waals surface area contributed by atoms with E-state index in [9.17, 15) is 10.2 Å². The number of nitrogens with one attached hydrogen (secondary N) is 1. The summed E-state index contributed by atoms with van der Waals surface area (Å²) in [6, 6.07) is 4.88. The molecule has 3 heterocycles. The molecule has 4 aliphatic carbocycles. The summed E-state index contributed by atoms with van der Waals surface area (Å²) in [7, 11) is 0. The van der Waals surface area contributed by atoms with Gasteiger partial charge in [-0.3, -0.25) is 0 Å². The Kier molecular flexibility index (Phi) is 5.28. The maximum absolute atomic E-state index is 12.7. The van der Waals surface area contributed by atoms with Gasteiger partial charge in [0, 0.05) is 33.3 Å². The van der Waals surface area contributed by atoms with Crippen LogP contribution in [-0.4, -0.2) is 50.3 Å². The van der Waals surface area contributed by atoms with Crippen molar-refractivity contribution in [2.45, 2.75) is 128 Å². The maximum Gasteiger partial charge on any atom is 0.108 e. The Morgan fingerprint density at radius 2 is 1.81 bits per heavy atom. The third-order valence-corrected chi connectivity index (χ3v) is 13.0. The summed E-state index contributed by atoms with van der Waals surface area (Å²) in [5, 5.41) is 25.1. The second-order valence-electron chi connectivity index (χ2n) is 16.1. The molecule has 0 saturated heterocycles. The van der Waals surface area contributed by atoms with E-state index in [1.165, 1.54) is 38.9 Å². The average Bonchev–Trinajstić information content (AvgIpc) is 3.52. The van der Waals surface area contributed by atoms with E-state index < -0.39 is 17.8 Å². The molecular weight excluding hydrogens is 522 g/mol. The molecule has 42 heavy (non-hydrogen) atoms. The second kappa shape index (κ2) is 8.10. The Morgan fingerprint density at radius 1 is 1.05 bits per heavy atom. The van der Waals surface area contributed by atoms with Gasteiger partial charge in [-0.25, -0.2) is 0 Å². The van der Waals surface area contributed by atoms with Crippen LogP contribution in [0.2, 0.25) is 0 Å². The molecule has 5 heteroatoms. The number of aliphatic hydroxyl groups excluding tert-OH is 1. The molecule has 224 valence electrons. The highest BCUT2D eigenvalue weighted by Crippen LogP contribution is 2.69. The number of aromatic nitrogens is 1. The zero-order valence-corrected chi connectivity index (χ0v) is 26.4. The zero-order valence-electron chi connectivity index (χ0n) is 26.4. The van der Waals surface area contributed by atoms with E-state index in [1.54, 1.807) is 0 Å². The van der Waals surface area contributed by atoms with E-state index in [0.717, 1.165) is 43.3 Å². The van der Waals surface area contributed by atoms with Gasteiger partial charge in [-0.15, -0.1) is 0 Å². The van der Waals surface area contributed by atoms with Crippen molar-refractivity contribution in [3.63, 3.8) is 0 Å². The third kappa shape index (κ3) is 3.19. The summed E-state index contributed by atoms with van der Waals surface area (Å²) in [5.74, 6) is 0.838. The molecule has 8 atom stereocenters. The number of aliphatic hydroxyl groups is 2. The predicted octanol–water partition coefficient (Wildman–Crippen LogP) is 6.70. The Labute approximate surface area is 250 Å². The molecule has 3 N–H and O–H groups in total. The molecule has 0 bridgehead atoms. The number of H-pyrrole nitrogens is 1.